The standard InChI is InChI=1S/C17H17FO/c1-12(2)7-13-3-5-15(6-4-13)16-8-14(11-19)9-17(18)10-16/h3-6,8-12H,7H2,1-2H3. The fourth-order valence-corrected chi connectivity index (χ4v) is 2.15. The van der Waals surface area contributed by atoms with Gasteiger partial charge in [0.05, 0.1) is 0 Å². The van der Waals surface area contributed by atoms with E-state index in [2.05, 4.69) is 26.0 Å². The quantitative estimate of drug-likeness (QED) is 0.736. The molecule has 0 heterocycles. The third kappa shape index (κ3) is 3.50. The van der Waals surface area contributed by atoms with Gasteiger partial charge in [-0.2, -0.15) is 0 Å². The number of carbonyl (C=O) groups excluding carboxylic acids is 1. The van der Waals surface area contributed by atoms with Crippen LogP contribution in [0.2, 0.25) is 0 Å². The largest absolute Gasteiger partial charge is 0.298 e. The summed E-state index contributed by atoms with van der Waals surface area (Å²) in [6.45, 7) is 4.35. The zero-order valence-electron chi connectivity index (χ0n) is 11.2. The predicted octanol–water partition coefficient (Wildman–Crippen LogP) is 4.50. The van der Waals surface area contributed by atoms with Crippen LogP contribution in [0.4, 0.5) is 4.39 Å². The van der Waals surface area contributed by atoms with Gasteiger partial charge in [-0.1, -0.05) is 38.1 Å². The van der Waals surface area contributed by atoms with Crippen molar-refractivity contribution >= 4 is 6.29 Å². The van der Waals surface area contributed by atoms with Crippen molar-refractivity contribution in [2.45, 2.75) is 20.3 Å². The molecular weight excluding hydrogens is 239 g/mol. The molecule has 2 heteroatoms. The fraction of sp³-hybridized carbons (Fsp3) is 0.235. The molecule has 0 fully saturated rings. The van der Waals surface area contributed by atoms with Gasteiger partial charge >= 0.3 is 0 Å². The van der Waals surface area contributed by atoms with Crippen molar-refractivity contribution in [1.29, 1.82) is 0 Å². The highest BCUT2D eigenvalue weighted by molar-refractivity contribution is 5.79. The second-order valence-electron chi connectivity index (χ2n) is 5.19. The van der Waals surface area contributed by atoms with Crippen molar-refractivity contribution in [1.82, 2.24) is 0 Å². The van der Waals surface area contributed by atoms with E-state index in [1.54, 1.807) is 6.07 Å². The van der Waals surface area contributed by atoms with Crippen LogP contribution < -0.4 is 0 Å². The van der Waals surface area contributed by atoms with Crippen molar-refractivity contribution in [3.8, 4) is 11.1 Å². The monoisotopic (exact) mass is 256 g/mol. The van der Waals surface area contributed by atoms with Crippen LogP contribution in [0, 0.1) is 11.7 Å². The molecule has 0 spiro atoms. The molecule has 0 saturated heterocycles. The molecule has 0 aliphatic carbocycles. The van der Waals surface area contributed by atoms with Crippen LogP contribution in [0.15, 0.2) is 42.5 Å². The molecule has 0 amide bonds. The lowest BCUT2D eigenvalue weighted by atomic mass is 9.98. The van der Waals surface area contributed by atoms with Gasteiger partial charge in [0.25, 0.3) is 0 Å². The molecule has 0 aromatic heterocycles. The lowest BCUT2D eigenvalue weighted by Gasteiger charge is -2.07. The minimum atomic E-state index is -0.383. The molecule has 19 heavy (non-hydrogen) atoms. The normalized spacial score (nSPS) is 10.7. The van der Waals surface area contributed by atoms with E-state index < -0.39 is 0 Å². The predicted molar refractivity (Wildman–Crippen MR) is 75.8 cm³/mol. The number of hydrogen-bond acceptors (Lipinski definition) is 1. The Morgan fingerprint density at radius 3 is 2.32 bits per heavy atom. The van der Waals surface area contributed by atoms with Crippen LogP contribution in [-0.2, 0) is 6.42 Å². The Kier molecular flexibility index (Phi) is 4.10. The molecule has 0 aliphatic heterocycles. The summed E-state index contributed by atoms with van der Waals surface area (Å²) in [5.74, 6) is 0.229. The van der Waals surface area contributed by atoms with Gasteiger partial charge in [-0.25, -0.2) is 4.39 Å². The van der Waals surface area contributed by atoms with Crippen LogP contribution in [0.5, 0.6) is 0 Å². The average molecular weight is 256 g/mol. The molecule has 2 rings (SSSR count). The van der Waals surface area contributed by atoms with Crippen LogP contribution >= 0.6 is 0 Å². The van der Waals surface area contributed by atoms with Crippen LogP contribution in [0.1, 0.15) is 29.8 Å². The highest BCUT2D eigenvalue weighted by Crippen LogP contribution is 2.22. The minimum absolute atomic E-state index is 0.362. The number of hydrogen-bond donors (Lipinski definition) is 0. The van der Waals surface area contributed by atoms with E-state index in [9.17, 15) is 9.18 Å². The van der Waals surface area contributed by atoms with Crippen molar-refractivity contribution in [3.05, 3.63) is 59.4 Å². The van der Waals surface area contributed by atoms with Gasteiger partial charge in [-0.3, -0.25) is 4.79 Å². The second kappa shape index (κ2) is 5.79. The lowest BCUT2D eigenvalue weighted by molar-refractivity contribution is 0.112. The molecular formula is C17H17FO. The lowest BCUT2D eigenvalue weighted by Crippen LogP contribution is -1.93. The minimum Gasteiger partial charge on any atom is -0.298 e. The highest BCUT2D eigenvalue weighted by Gasteiger charge is 2.04. The first-order chi connectivity index (χ1) is 9.08. The van der Waals surface area contributed by atoms with Crippen molar-refractivity contribution in [2.75, 3.05) is 0 Å². The molecule has 2 aromatic carbocycles. The van der Waals surface area contributed by atoms with Gasteiger partial charge in [0.2, 0.25) is 0 Å². The SMILES string of the molecule is CC(C)Cc1ccc(-c2cc(F)cc(C=O)c2)cc1. The van der Waals surface area contributed by atoms with Gasteiger partial charge in [0.15, 0.2) is 0 Å². The summed E-state index contributed by atoms with van der Waals surface area (Å²) in [5, 5.41) is 0. The van der Waals surface area contributed by atoms with Crippen molar-refractivity contribution in [3.63, 3.8) is 0 Å². The third-order valence-corrected chi connectivity index (χ3v) is 2.99. The Hall–Kier alpha value is -1.96. The van der Waals surface area contributed by atoms with E-state index >= 15 is 0 Å². The van der Waals surface area contributed by atoms with Gasteiger partial charge in [0, 0.05) is 5.56 Å². The maximum absolute atomic E-state index is 13.4. The summed E-state index contributed by atoms with van der Waals surface area (Å²) in [7, 11) is 0. The summed E-state index contributed by atoms with van der Waals surface area (Å²) >= 11 is 0. The van der Waals surface area contributed by atoms with Gasteiger partial charge < -0.3 is 0 Å². The van der Waals surface area contributed by atoms with Gasteiger partial charge in [-0.05, 0) is 47.2 Å². The Morgan fingerprint density at radius 1 is 1.05 bits per heavy atom. The summed E-state index contributed by atoms with van der Waals surface area (Å²) in [6, 6.07) is 12.4. The van der Waals surface area contributed by atoms with Gasteiger partial charge in [0.1, 0.15) is 12.1 Å². The molecule has 0 radical (unpaired) electrons. The molecule has 0 unspecified atom stereocenters. The summed E-state index contributed by atoms with van der Waals surface area (Å²) in [4.78, 5) is 10.8. The Morgan fingerprint density at radius 2 is 1.74 bits per heavy atom. The fourth-order valence-electron chi connectivity index (χ4n) is 2.15. The first kappa shape index (κ1) is 13.5. The summed E-state index contributed by atoms with van der Waals surface area (Å²) in [6.07, 6.45) is 1.70. The number of carbonyl (C=O) groups is 1. The van der Waals surface area contributed by atoms with E-state index in [1.807, 2.05) is 12.1 Å². The zero-order chi connectivity index (χ0) is 13.8. The smallest absolute Gasteiger partial charge is 0.150 e. The average Bonchev–Trinajstić information content (AvgIpc) is 2.38. The topological polar surface area (TPSA) is 17.1 Å². The molecule has 0 aliphatic rings. The maximum atomic E-state index is 13.4. The maximum Gasteiger partial charge on any atom is 0.150 e. The van der Waals surface area contributed by atoms with Crippen molar-refractivity contribution < 1.29 is 9.18 Å². The number of halogens is 1. The third-order valence-electron chi connectivity index (χ3n) is 2.99. The second-order valence-corrected chi connectivity index (χ2v) is 5.19. The Labute approximate surface area is 113 Å². The van der Waals surface area contributed by atoms with E-state index in [-0.39, 0.29) is 5.82 Å². The molecule has 98 valence electrons. The molecule has 0 saturated carbocycles. The zero-order valence-corrected chi connectivity index (χ0v) is 11.2. The highest BCUT2D eigenvalue weighted by atomic mass is 19.1. The summed E-state index contributed by atoms with van der Waals surface area (Å²) in [5.41, 5.74) is 3.29. The molecule has 2 aromatic rings. The van der Waals surface area contributed by atoms with E-state index in [4.69, 9.17) is 0 Å². The van der Waals surface area contributed by atoms with E-state index in [1.165, 1.54) is 17.7 Å². The summed E-state index contributed by atoms with van der Waals surface area (Å²) < 4.78 is 13.4. The molecule has 0 atom stereocenters. The Bertz CT molecular complexity index is 570. The first-order valence-corrected chi connectivity index (χ1v) is 6.43. The molecule has 0 bridgehead atoms. The van der Waals surface area contributed by atoms with E-state index in [0.717, 1.165) is 17.5 Å². The number of benzene rings is 2. The van der Waals surface area contributed by atoms with Crippen LogP contribution in [-0.4, -0.2) is 6.29 Å². The Balaban J connectivity index is 2.31. The van der Waals surface area contributed by atoms with Crippen LogP contribution in [0.3, 0.4) is 0 Å². The van der Waals surface area contributed by atoms with Crippen LogP contribution in [0.25, 0.3) is 11.1 Å². The van der Waals surface area contributed by atoms with E-state index in [0.29, 0.717) is 17.8 Å². The van der Waals surface area contributed by atoms with Gasteiger partial charge in [-0.15, -0.1) is 0 Å². The first-order valence-electron chi connectivity index (χ1n) is 6.43. The number of aldehydes is 1. The molecule has 0 N–H and O–H groups in total. The van der Waals surface area contributed by atoms with Crippen molar-refractivity contribution in [2.24, 2.45) is 5.92 Å². The number of rotatable bonds is 4. The molecule has 1 nitrogen and oxygen atoms in total.